The number of ether oxygens (including phenoxy) is 2. The van der Waals surface area contributed by atoms with Crippen molar-refractivity contribution in [2.24, 2.45) is 5.92 Å². The molecule has 0 aliphatic carbocycles. The summed E-state index contributed by atoms with van der Waals surface area (Å²) in [4.78, 5) is 11.3. The second-order valence-electron chi connectivity index (χ2n) is 4.35. The van der Waals surface area contributed by atoms with E-state index in [0.29, 0.717) is 29.5 Å². The molecule has 0 amide bonds. The highest BCUT2D eigenvalue weighted by Crippen LogP contribution is 2.22. The first kappa shape index (κ1) is 11.9. The Bertz CT molecular complexity index is 411. The van der Waals surface area contributed by atoms with Gasteiger partial charge in [0.15, 0.2) is 5.78 Å². The van der Waals surface area contributed by atoms with Crippen molar-refractivity contribution in [3.05, 3.63) is 23.8 Å². The first-order chi connectivity index (χ1) is 8.16. The lowest BCUT2D eigenvalue weighted by Gasteiger charge is -2.11. The fraction of sp³-hybridized carbons (Fsp3) is 0.462. The van der Waals surface area contributed by atoms with E-state index >= 15 is 0 Å². The number of nitrogen functional groups attached to an aromatic ring is 1. The number of carbonyl (C=O) groups is 1. The fourth-order valence-corrected chi connectivity index (χ4v) is 1.86. The summed E-state index contributed by atoms with van der Waals surface area (Å²) >= 11 is 0. The summed E-state index contributed by atoms with van der Waals surface area (Å²) < 4.78 is 10.9. The van der Waals surface area contributed by atoms with Gasteiger partial charge in [0.1, 0.15) is 5.75 Å². The lowest BCUT2D eigenvalue weighted by Crippen LogP contribution is -2.12. The van der Waals surface area contributed by atoms with Gasteiger partial charge in [-0.2, -0.15) is 0 Å². The summed E-state index contributed by atoms with van der Waals surface area (Å²) in [6.45, 7) is 3.70. The van der Waals surface area contributed by atoms with Crippen molar-refractivity contribution >= 4 is 11.5 Å². The molecule has 0 spiro atoms. The standard InChI is InChI=1S/C13H17NO3/c1-9(15)12-6-11(2-3-13(12)14)17-8-10-4-5-16-7-10/h2-3,6,10H,4-5,7-8,14H2,1H3. The molecule has 1 unspecified atom stereocenters. The van der Waals surface area contributed by atoms with E-state index in [4.69, 9.17) is 15.2 Å². The normalized spacial score (nSPS) is 19.2. The van der Waals surface area contributed by atoms with E-state index in [1.807, 2.05) is 0 Å². The minimum atomic E-state index is -0.0443. The van der Waals surface area contributed by atoms with Crippen LogP contribution in [-0.4, -0.2) is 25.6 Å². The molecular formula is C13H17NO3. The van der Waals surface area contributed by atoms with Crippen LogP contribution in [0.1, 0.15) is 23.7 Å². The summed E-state index contributed by atoms with van der Waals surface area (Å²) in [5.74, 6) is 1.10. The Balaban J connectivity index is 2.00. The minimum Gasteiger partial charge on any atom is -0.493 e. The van der Waals surface area contributed by atoms with E-state index in [1.165, 1.54) is 6.92 Å². The third-order valence-corrected chi connectivity index (χ3v) is 2.91. The quantitative estimate of drug-likeness (QED) is 0.639. The van der Waals surface area contributed by atoms with Gasteiger partial charge < -0.3 is 15.2 Å². The molecule has 0 bridgehead atoms. The van der Waals surface area contributed by atoms with Crippen LogP contribution < -0.4 is 10.5 Å². The number of hydrogen-bond acceptors (Lipinski definition) is 4. The first-order valence-corrected chi connectivity index (χ1v) is 5.78. The topological polar surface area (TPSA) is 61.5 Å². The van der Waals surface area contributed by atoms with Gasteiger partial charge in [-0.1, -0.05) is 0 Å². The van der Waals surface area contributed by atoms with Crippen LogP contribution >= 0.6 is 0 Å². The largest absolute Gasteiger partial charge is 0.493 e. The van der Waals surface area contributed by atoms with Crippen molar-refractivity contribution in [3.8, 4) is 5.75 Å². The number of Topliss-reactive ketones (excluding diaryl/α,β-unsaturated/α-hetero) is 1. The summed E-state index contributed by atoms with van der Waals surface area (Å²) in [7, 11) is 0. The smallest absolute Gasteiger partial charge is 0.162 e. The molecule has 1 saturated heterocycles. The van der Waals surface area contributed by atoms with Crippen LogP contribution in [0.4, 0.5) is 5.69 Å². The van der Waals surface area contributed by atoms with Crippen LogP contribution in [0, 0.1) is 5.92 Å². The molecule has 0 aromatic heterocycles. The molecule has 1 heterocycles. The Kier molecular flexibility index (Phi) is 3.64. The van der Waals surface area contributed by atoms with Crippen molar-refractivity contribution in [1.82, 2.24) is 0 Å². The maximum absolute atomic E-state index is 11.3. The van der Waals surface area contributed by atoms with E-state index in [2.05, 4.69) is 0 Å². The maximum Gasteiger partial charge on any atom is 0.162 e. The Hall–Kier alpha value is -1.55. The van der Waals surface area contributed by atoms with Gasteiger partial charge in [0.25, 0.3) is 0 Å². The molecule has 4 nitrogen and oxygen atoms in total. The molecule has 4 heteroatoms. The highest BCUT2D eigenvalue weighted by molar-refractivity contribution is 5.99. The third-order valence-electron chi connectivity index (χ3n) is 2.91. The van der Waals surface area contributed by atoms with Crippen LogP contribution in [-0.2, 0) is 4.74 Å². The van der Waals surface area contributed by atoms with Gasteiger partial charge in [0, 0.05) is 23.8 Å². The number of hydrogen-bond donors (Lipinski definition) is 1. The summed E-state index contributed by atoms with van der Waals surface area (Å²) in [5, 5.41) is 0. The number of rotatable bonds is 4. The number of carbonyl (C=O) groups excluding carboxylic acids is 1. The molecule has 1 aliphatic heterocycles. The van der Waals surface area contributed by atoms with Gasteiger partial charge >= 0.3 is 0 Å². The van der Waals surface area contributed by atoms with Crippen LogP contribution in [0.2, 0.25) is 0 Å². The molecule has 1 fully saturated rings. The summed E-state index contributed by atoms with van der Waals surface area (Å²) in [6.07, 6.45) is 1.04. The van der Waals surface area contributed by atoms with Gasteiger partial charge in [-0.3, -0.25) is 4.79 Å². The predicted molar refractivity (Wildman–Crippen MR) is 65.3 cm³/mol. The van der Waals surface area contributed by atoms with Crippen molar-refractivity contribution in [1.29, 1.82) is 0 Å². The van der Waals surface area contributed by atoms with Gasteiger partial charge in [-0.15, -0.1) is 0 Å². The minimum absolute atomic E-state index is 0.0443. The van der Waals surface area contributed by atoms with E-state index in [-0.39, 0.29) is 5.78 Å². The maximum atomic E-state index is 11.3. The number of anilines is 1. The highest BCUT2D eigenvalue weighted by Gasteiger charge is 2.16. The van der Waals surface area contributed by atoms with E-state index < -0.39 is 0 Å². The fourth-order valence-electron chi connectivity index (χ4n) is 1.86. The lowest BCUT2D eigenvalue weighted by atomic mass is 10.1. The zero-order valence-electron chi connectivity index (χ0n) is 9.94. The van der Waals surface area contributed by atoms with Crippen LogP contribution in [0.3, 0.4) is 0 Å². The van der Waals surface area contributed by atoms with Gasteiger partial charge in [-0.05, 0) is 31.5 Å². The van der Waals surface area contributed by atoms with Crippen molar-refractivity contribution in [2.75, 3.05) is 25.6 Å². The van der Waals surface area contributed by atoms with Gasteiger partial charge in [0.2, 0.25) is 0 Å². The second-order valence-corrected chi connectivity index (χ2v) is 4.35. The van der Waals surface area contributed by atoms with Crippen molar-refractivity contribution < 1.29 is 14.3 Å². The van der Waals surface area contributed by atoms with Crippen LogP contribution in [0.5, 0.6) is 5.75 Å². The van der Waals surface area contributed by atoms with Crippen LogP contribution in [0.15, 0.2) is 18.2 Å². The predicted octanol–water partition coefficient (Wildman–Crippen LogP) is 1.89. The molecule has 1 atom stereocenters. The molecular weight excluding hydrogens is 218 g/mol. The van der Waals surface area contributed by atoms with E-state index in [1.54, 1.807) is 18.2 Å². The zero-order chi connectivity index (χ0) is 12.3. The number of ketones is 1. The molecule has 1 aromatic rings. The average Bonchev–Trinajstić information content (AvgIpc) is 2.80. The summed E-state index contributed by atoms with van der Waals surface area (Å²) in [6, 6.07) is 5.20. The van der Waals surface area contributed by atoms with Crippen molar-refractivity contribution in [2.45, 2.75) is 13.3 Å². The van der Waals surface area contributed by atoms with E-state index in [0.717, 1.165) is 19.6 Å². The molecule has 92 valence electrons. The van der Waals surface area contributed by atoms with Gasteiger partial charge in [0.05, 0.1) is 13.2 Å². The molecule has 17 heavy (non-hydrogen) atoms. The molecule has 1 aliphatic rings. The number of nitrogens with two attached hydrogens (primary N) is 1. The average molecular weight is 235 g/mol. The third kappa shape index (κ3) is 2.97. The first-order valence-electron chi connectivity index (χ1n) is 5.78. The Morgan fingerprint density at radius 3 is 3.06 bits per heavy atom. The number of benzene rings is 1. The summed E-state index contributed by atoms with van der Waals surface area (Å²) in [5.41, 5.74) is 6.73. The molecule has 0 saturated carbocycles. The Morgan fingerprint density at radius 1 is 1.59 bits per heavy atom. The van der Waals surface area contributed by atoms with E-state index in [9.17, 15) is 4.79 Å². The molecule has 2 rings (SSSR count). The second kappa shape index (κ2) is 5.19. The Labute approximate surface area is 101 Å². The highest BCUT2D eigenvalue weighted by atomic mass is 16.5. The zero-order valence-corrected chi connectivity index (χ0v) is 9.94. The lowest BCUT2D eigenvalue weighted by molar-refractivity contribution is 0.101. The Morgan fingerprint density at radius 2 is 2.41 bits per heavy atom. The monoisotopic (exact) mass is 235 g/mol. The molecule has 0 radical (unpaired) electrons. The SMILES string of the molecule is CC(=O)c1cc(OCC2CCOC2)ccc1N. The van der Waals surface area contributed by atoms with Crippen molar-refractivity contribution in [3.63, 3.8) is 0 Å². The molecule has 1 aromatic carbocycles. The molecule has 2 N–H and O–H groups in total. The van der Waals surface area contributed by atoms with Gasteiger partial charge in [-0.25, -0.2) is 0 Å². The van der Waals surface area contributed by atoms with Crippen LogP contribution in [0.25, 0.3) is 0 Å².